The van der Waals surface area contributed by atoms with E-state index in [-0.39, 0.29) is 11.4 Å². The smallest absolute Gasteiger partial charge is 0.279 e. The van der Waals surface area contributed by atoms with E-state index < -0.39 is 15.7 Å². The van der Waals surface area contributed by atoms with Gasteiger partial charge in [0.2, 0.25) is 0 Å². The molecule has 0 unspecified atom stereocenters. The van der Waals surface area contributed by atoms with Crippen LogP contribution in [0.15, 0.2) is 46.3 Å². The minimum absolute atomic E-state index is 0.192. The number of amides is 1. The van der Waals surface area contributed by atoms with Gasteiger partial charge in [0.1, 0.15) is 0 Å². The van der Waals surface area contributed by atoms with Crippen molar-refractivity contribution in [3.8, 4) is 23.8 Å². The Hall–Kier alpha value is -3.09. The molecule has 1 amide bonds. The number of carbonyl (C=O) groups excluding carboxylic acids is 1. The first-order valence-electron chi connectivity index (χ1n) is 9.54. The summed E-state index contributed by atoms with van der Waals surface area (Å²) in [7, 11) is -3.36. The molecule has 0 radical (unpaired) electrons. The number of ether oxygens (including phenoxy) is 2. The summed E-state index contributed by atoms with van der Waals surface area (Å²) in [6, 6.07) is 9.66. The third kappa shape index (κ3) is 4.98. The number of fused-ring (bicyclic) bond motifs is 1. The van der Waals surface area contributed by atoms with Crippen LogP contribution in [0.2, 0.25) is 0 Å². The molecule has 9 heteroatoms. The van der Waals surface area contributed by atoms with Gasteiger partial charge in [-0.05, 0) is 50.2 Å². The van der Waals surface area contributed by atoms with E-state index in [4.69, 9.17) is 15.9 Å². The molecule has 0 saturated carbocycles. The van der Waals surface area contributed by atoms with Crippen molar-refractivity contribution >= 4 is 37.3 Å². The molecule has 0 N–H and O–H groups in total. The molecule has 31 heavy (non-hydrogen) atoms. The van der Waals surface area contributed by atoms with Gasteiger partial charge in [-0.2, -0.15) is 4.99 Å². The van der Waals surface area contributed by atoms with E-state index in [1.165, 1.54) is 17.4 Å². The van der Waals surface area contributed by atoms with Gasteiger partial charge in [-0.25, -0.2) is 8.42 Å². The standard InChI is InChI=1S/C22H22N2O5S2/c1-5-12-24-17-10-9-16(31(4,26)27)14-20(17)30-22(24)23-21(25)15-8-11-18(28-6-2)19(13-15)29-7-3/h1,8-11,13-14H,6-7,12H2,2-4H3. The first-order valence-corrected chi connectivity index (χ1v) is 12.2. The fourth-order valence-electron chi connectivity index (χ4n) is 2.95. The summed E-state index contributed by atoms with van der Waals surface area (Å²) in [5.74, 6) is 3.11. The minimum Gasteiger partial charge on any atom is -0.490 e. The molecular formula is C22H22N2O5S2. The monoisotopic (exact) mass is 458 g/mol. The highest BCUT2D eigenvalue weighted by atomic mass is 32.2. The lowest BCUT2D eigenvalue weighted by Gasteiger charge is -2.11. The molecule has 162 valence electrons. The van der Waals surface area contributed by atoms with Crippen molar-refractivity contribution < 1.29 is 22.7 Å². The van der Waals surface area contributed by atoms with E-state index in [0.29, 0.717) is 45.3 Å². The van der Waals surface area contributed by atoms with Gasteiger partial charge in [0.05, 0.1) is 34.9 Å². The first-order chi connectivity index (χ1) is 14.8. The van der Waals surface area contributed by atoms with Crippen LogP contribution in [0.5, 0.6) is 11.5 Å². The van der Waals surface area contributed by atoms with Crippen molar-refractivity contribution in [3.05, 3.63) is 46.8 Å². The van der Waals surface area contributed by atoms with E-state index in [0.717, 1.165) is 6.26 Å². The molecule has 0 saturated heterocycles. The van der Waals surface area contributed by atoms with Crippen molar-refractivity contribution in [2.24, 2.45) is 4.99 Å². The highest BCUT2D eigenvalue weighted by Crippen LogP contribution is 2.29. The number of carbonyl (C=O) groups is 1. The van der Waals surface area contributed by atoms with Crippen LogP contribution in [0, 0.1) is 12.3 Å². The first kappa shape index (κ1) is 22.6. The average Bonchev–Trinajstić information content (AvgIpc) is 3.05. The number of aromatic nitrogens is 1. The molecule has 7 nitrogen and oxygen atoms in total. The maximum absolute atomic E-state index is 12.9. The van der Waals surface area contributed by atoms with E-state index in [2.05, 4.69) is 10.9 Å². The predicted octanol–water partition coefficient (Wildman–Crippen LogP) is 3.28. The van der Waals surface area contributed by atoms with Gasteiger partial charge in [0.25, 0.3) is 5.91 Å². The fourth-order valence-corrected chi connectivity index (χ4v) is 4.74. The van der Waals surface area contributed by atoms with E-state index in [1.807, 2.05) is 13.8 Å². The van der Waals surface area contributed by atoms with Crippen LogP contribution in [-0.4, -0.2) is 38.4 Å². The molecule has 0 bridgehead atoms. The van der Waals surface area contributed by atoms with Crippen molar-refractivity contribution in [3.63, 3.8) is 0 Å². The van der Waals surface area contributed by atoms with Gasteiger partial charge in [-0.1, -0.05) is 17.3 Å². The molecule has 1 heterocycles. The SMILES string of the molecule is C#CCn1c(=NC(=O)c2ccc(OCC)c(OCC)c2)sc2cc(S(C)(=O)=O)ccc21. The van der Waals surface area contributed by atoms with Gasteiger partial charge in [-0.3, -0.25) is 4.79 Å². The molecule has 3 aromatic rings. The summed E-state index contributed by atoms with van der Waals surface area (Å²) < 4.78 is 37.3. The molecule has 0 aliphatic heterocycles. The zero-order valence-corrected chi connectivity index (χ0v) is 19.0. The molecule has 0 aliphatic carbocycles. The third-order valence-corrected chi connectivity index (χ3v) is 6.47. The van der Waals surface area contributed by atoms with Gasteiger partial charge < -0.3 is 14.0 Å². The Morgan fingerprint density at radius 1 is 1.13 bits per heavy atom. The quantitative estimate of drug-likeness (QED) is 0.507. The number of terminal acetylenes is 1. The number of benzene rings is 2. The van der Waals surface area contributed by atoms with Crippen LogP contribution in [0.3, 0.4) is 0 Å². The number of hydrogen-bond donors (Lipinski definition) is 0. The van der Waals surface area contributed by atoms with Gasteiger partial charge >= 0.3 is 0 Å². The number of sulfone groups is 1. The zero-order valence-electron chi connectivity index (χ0n) is 17.4. The maximum atomic E-state index is 12.9. The van der Waals surface area contributed by atoms with Gasteiger partial charge in [0, 0.05) is 11.8 Å². The Morgan fingerprint density at radius 2 is 1.84 bits per heavy atom. The van der Waals surface area contributed by atoms with Crippen LogP contribution in [0.4, 0.5) is 0 Å². The van der Waals surface area contributed by atoms with Crippen LogP contribution in [-0.2, 0) is 16.4 Å². The normalized spacial score (nSPS) is 12.0. The topological polar surface area (TPSA) is 87.0 Å². The van der Waals surface area contributed by atoms with Crippen molar-refractivity contribution in [2.75, 3.05) is 19.5 Å². The number of hydrogen-bond acceptors (Lipinski definition) is 6. The number of nitrogens with zero attached hydrogens (tertiary/aromatic N) is 2. The minimum atomic E-state index is -3.36. The maximum Gasteiger partial charge on any atom is 0.279 e. The van der Waals surface area contributed by atoms with E-state index in [9.17, 15) is 13.2 Å². The second-order valence-electron chi connectivity index (χ2n) is 6.52. The summed E-state index contributed by atoms with van der Waals surface area (Å²) in [4.78, 5) is 17.7. The molecule has 0 spiro atoms. The largest absolute Gasteiger partial charge is 0.490 e. The third-order valence-electron chi connectivity index (χ3n) is 4.32. The van der Waals surface area contributed by atoms with Crippen LogP contribution in [0.25, 0.3) is 10.2 Å². The molecular weight excluding hydrogens is 436 g/mol. The van der Waals surface area contributed by atoms with E-state index in [1.54, 1.807) is 34.9 Å². The summed E-state index contributed by atoms with van der Waals surface area (Å²) >= 11 is 1.20. The van der Waals surface area contributed by atoms with E-state index >= 15 is 0 Å². The molecule has 2 aromatic carbocycles. The van der Waals surface area contributed by atoms with Crippen LogP contribution in [0.1, 0.15) is 24.2 Å². The lowest BCUT2D eigenvalue weighted by molar-refractivity contribution is 0.0997. The number of rotatable bonds is 7. The Labute approximate surface area is 184 Å². The molecule has 0 atom stereocenters. The Morgan fingerprint density at radius 3 is 2.48 bits per heavy atom. The van der Waals surface area contributed by atoms with Crippen molar-refractivity contribution in [1.82, 2.24) is 4.57 Å². The summed E-state index contributed by atoms with van der Waals surface area (Å²) in [6.45, 7) is 4.80. The highest BCUT2D eigenvalue weighted by Gasteiger charge is 2.14. The predicted molar refractivity (Wildman–Crippen MR) is 120 cm³/mol. The fraction of sp³-hybridized carbons (Fsp3) is 0.273. The molecule has 1 aromatic heterocycles. The van der Waals surface area contributed by atoms with Crippen LogP contribution >= 0.6 is 11.3 Å². The Balaban J connectivity index is 2.10. The highest BCUT2D eigenvalue weighted by molar-refractivity contribution is 7.90. The Kier molecular flexibility index (Phi) is 6.83. The summed E-state index contributed by atoms with van der Waals surface area (Å²) in [5, 5.41) is 0. The lowest BCUT2D eigenvalue weighted by Crippen LogP contribution is -2.16. The van der Waals surface area contributed by atoms with Crippen LogP contribution < -0.4 is 14.3 Å². The summed E-state index contributed by atoms with van der Waals surface area (Å²) in [5.41, 5.74) is 1.05. The summed E-state index contributed by atoms with van der Waals surface area (Å²) in [6.07, 6.45) is 6.65. The molecule has 0 aliphatic rings. The molecule has 3 rings (SSSR count). The Bertz CT molecular complexity index is 1340. The average molecular weight is 459 g/mol. The zero-order chi connectivity index (χ0) is 22.6. The van der Waals surface area contributed by atoms with Crippen molar-refractivity contribution in [2.45, 2.75) is 25.3 Å². The van der Waals surface area contributed by atoms with Crippen molar-refractivity contribution in [1.29, 1.82) is 0 Å². The van der Waals surface area contributed by atoms with Gasteiger partial charge in [-0.15, -0.1) is 6.42 Å². The second-order valence-corrected chi connectivity index (χ2v) is 9.55. The lowest BCUT2D eigenvalue weighted by atomic mass is 10.2. The second kappa shape index (κ2) is 9.37. The number of thiazole rings is 1. The molecule has 0 fully saturated rings. The van der Waals surface area contributed by atoms with Gasteiger partial charge in [0.15, 0.2) is 26.1 Å².